The SMILES string of the molecule is CC1(C)OB(c2cc(Br)nc(NCc3ccccc3)c2)OC1(C)C. The summed E-state index contributed by atoms with van der Waals surface area (Å²) in [6.45, 7) is 8.93. The lowest BCUT2D eigenvalue weighted by Crippen LogP contribution is -2.41. The number of rotatable bonds is 4. The first-order valence-corrected chi connectivity index (χ1v) is 8.87. The third-order valence-electron chi connectivity index (χ3n) is 4.66. The maximum absolute atomic E-state index is 6.12. The number of hydrogen-bond acceptors (Lipinski definition) is 4. The van der Waals surface area contributed by atoms with Gasteiger partial charge in [0.05, 0.1) is 11.2 Å². The molecule has 0 bridgehead atoms. The smallest absolute Gasteiger partial charge is 0.399 e. The molecule has 0 amide bonds. The molecular formula is C18H22BBrN2O2. The zero-order chi connectivity index (χ0) is 17.4. The molecule has 1 aromatic carbocycles. The van der Waals surface area contributed by atoms with Crippen LogP contribution in [0.15, 0.2) is 47.1 Å². The number of nitrogens with zero attached hydrogens (tertiary/aromatic N) is 1. The van der Waals surface area contributed by atoms with Crippen LogP contribution < -0.4 is 10.8 Å². The van der Waals surface area contributed by atoms with Crippen molar-refractivity contribution < 1.29 is 9.31 Å². The summed E-state index contributed by atoms with van der Waals surface area (Å²) in [5.41, 5.74) is 1.44. The Morgan fingerprint density at radius 1 is 1.04 bits per heavy atom. The maximum Gasteiger partial charge on any atom is 0.495 e. The van der Waals surface area contributed by atoms with Crippen molar-refractivity contribution in [1.82, 2.24) is 4.98 Å². The molecular weight excluding hydrogens is 367 g/mol. The second kappa shape index (κ2) is 6.50. The monoisotopic (exact) mass is 388 g/mol. The van der Waals surface area contributed by atoms with Crippen molar-refractivity contribution in [3.63, 3.8) is 0 Å². The number of benzene rings is 1. The van der Waals surface area contributed by atoms with Crippen molar-refractivity contribution >= 4 is 34.3 Å². The number of pyridine rings is 1. The zero-order valence-electron chi connectivity index (χ0n) is 14.5. The summed E-state index contributed by atoms with van der Waals surface area (Å²) >= 11 is 3.48. The quantitative estimate of drug-likeness (QED) is 0.639. The van der Waals surface area contributed by atoms with Gasteiger partial charge in [0, 0.05) is 6.54 Å². The van der Waals surface area contributed by atoms with E-state index >= 15 is 0 Å². The van der Waals surface area contributed by atoms with Crippen molar-refractivity contribution in [3.8, 4) is 0 Å². The van der Waals surface area contributed by atoms with Gasteiger partial charge in [-0.05, 0) is 66.8 Å². The van der Waals surface area contributed by atoms with Gasteiger partial charge in [0.25, 0.3) is 0 Å². The van der Waals surface area contributed by atoms with Gasteiger partial charge in [-0.1, -0.05) is 30.3 Å². The van der Waals surface area contributed by atoms with E-state index in [9.17, 15) is 0 Å². The van der Waals surface area contributed by atoms with Crippen LogP contribution in [0.1, 0.15) is 33.3 Å². The first-order chi connectivity index (χ1) is 11.3. The molecule has 1 saturated heterocycles. The van der Waals surface area contributed by atoms with E-state index in [0.29, 0.717) is 6.54 Å². The molecule has 1 aliphatic heterocycles. The molecule has 0 spiro atoms. The van der Waals surface area contributed by atoms with E-state index in [1.165, 1.54) is 5.56 Å². The summed E-state index contributed by atoms with van der Waals surface area (Å²) < 4.78 is 13.0. The van der Waals surface area contributed by atoms with Gasteiger partial charge in [-0.25, -0.2) is 4.98 Å². The normalized spacial score (nSPS) is 18.6. The molecule has 24 heavy (non-hydrogen) atoms. The Kier molecular flexibility index (Phi) is 4.73. The van der Waals surface area contributed by atoms with Crippen LogP contribution in [-0.4, -0.2) is 23.3 Å². The fourth-order valence-corrected chi connectivity index (χ4v) is 2.97. The van der Waals surface area contributed by atoms with Crippen LogP contribution in [0.25, 0.3) is 0 Å². The standard InChI is InChI=1S/C18H22BBrN2O2/c1-17(2)18(3,4)24-19(23-17)14-10-15(20)22-16(11-14)21-12-13-8-6-5-7-9-13/h5-11H,12H2,1-4H3,(H,21,22). The average Bonchev–Trinajstić information content (AvgIpc) is 2.74. The molecule has 6 heteroatoms. The summed E-state index contributed by atoms with van der Waals surface area (Å²) in [5.74, 6) is 0.790. The maximum atomic E-state index is 6.12. The highest BCUT2D eigenvalue weighted by atomic mass is 79.9. The molecule has 0 unspecified atom stereocenters. The molecule has 0 radical (unpaired) electrons. The van der Waals surface area contributed by atoms with Crippen molar-refractivity contribution in [1.29, 1.82) is 0 Å². The third-order valence-corrected chi connectivity index (χ3v) is 5.06. The fraction of sp³-hybridized carbons (Fsp3) is 0.389. The zero-order valence-corrected chi connectivity index (χ0v) is 16.1. The molecule has 0 saturated carbocycles. The minimum absolute atomic E-state index is 0.356. The van der Waals surface area contributed by atoms with Gasteiger partial charge >= 0.3 is 7.12 Å². The second-order valence-corrected chi connectivity index (χ2v) is 7.85. The largest absolute Gasteiger partial charge is 0.495 e. The van der Waals surface area contributed by atoms with Gasteiger partial charge in [0.15, 0.2) is 0 Å². The van der Waals surface area contributed by atoms with Crippen molar-refractivity contribution in [2.24, 2.45) is 0 Å². The number of halogens is 1. The molecule has 0 atom stereocenters. The lowest BCUT2D eigenvalue weighted by Gasteiger charge is -2.32. The van der Waals surface area contributed by atoms with E-state index in [2.05, 4.69) is 66.1 Å². The number of aromatic nitrogens is 1. The Labute approximate surface area is 152 Å². The lowest BCUT2D eigenvalue weighted by atomic mass is 9.80. The number of hydrogen-bond donors (Lipinski definition) is 1. The van der Waals surface area contributed by atoms with Gasteiger partial charge in [0.2, 0.25) is 0 Å². The Hall–Kier alpha value is -1.37. The molecule has 0 aliphatic carbocycles. The number of anilines is 1. The average molecular weight is 389 g/mol. The summed E-state index contributed by atoms with van der Waals surface area (Å²) in [4.78, 5) is 4.49. The van der Waals surface area contributed by atoms with Crippen LogP contribution in [0.5, 0.6) is 0 Å². The molecule has 2 aromatic rings. The van der Waals surface area contributed by atoms with Crippen LogP contribution in [-0.2, 0) is 15.9 Å². The number of nitrogens with one attached hydrogen (secondary N) is 1. The summed E-state index contributed by atoms with van der Waals surface area (Å²) in [6, 6.07) is 14.2. The van der Waals surface area contributed by atoms with Crippen molar-refractivity contribution in [3.05, 3.63) is 52.6 Å². The van der Waals surface area contributed by atoms with E-state index in [1.54, 1.807) is 0 Å². The first-order valence-electron chi connectivity index (χ1n) is 8.08. The predicted octanol–water partition coefficient (Wildman–Crippen LogP) is 3.76. The molecule has 126 valence electrons. The van der Waals surface area contributed by atoms with Crippen LogP contribution >= 0.6 is 15.9 Å². The van der Waals surface area contributed by atoms with Gasteiger partial charge in [-0.15, -0.1) is 0 Å². The Morgan fingerprint density at radius 2 is 1.67 bits per heavy atom. The van der Waals surface area contributed by atoms with Crippen molar-refractivity contribution in [2.45, 2.75) is 45.4 Å². The minimum Gasteiger partial charge on any atom is -0.399 e. The van der Waals surface area contributed by atoms with Crippen molar-refractivity contribution in [2.75, 3.05) is 5.32 Å². The summed E-state index contributed by atoms with van der Waals surface area (Å²) in [5, 5.41) is 3.35. The van der Waals surface area contributed by atoms with E-state index in [4.69, 9.17) is 9.31 Å². The van der Waals surface area contributed by atoms with Crippen LogP contribution in [0, 0.1) is 0 Å². The van der Waals surface area contributed by atoms with Gasteiger partial charge in [-0.3, -0.25) is 0 Å². The van der Waals surface area contributed by atoms with Crippen LogP contribution in [0.4, 0.5) is 5.82 Å². The Balaban J connectivity index is 1.77. The summed E-state index contributed by atoms with van der Waals surface area (Å²) in [6.07, 6.45) is 0. The van der Waals surface area contributed by atoms with Gasteiger partial charge in [0.1, 0.15) is 10.4 Å². The van der Waals surface area contributed by atoms with E-state index in [1.807, 2.05) is 30.3 Å². The Bertz CT molecular complexity index is 706. The molecule has 2 heterocycles. The molecule has 1 aromatic heterocycles. The highest BCUT2D eigenvalue weighted by Gasteiger charge is 2.51. The molecule has 3 rings (SSSR count). The lowest BCUT2D eigenvalue weighted by molar-refractivity contribution is 0.00578. The molecule has 4 nitrogen and oxygen atoms in total. The van der Waals surface area contributed by atoms with E-state index < -0.39 is 7.12 Å². The van der Waals surface area contributed by atoms with Crippen LogP contribution in [0.3, 0.4) is 0 Å². The molecule has 1 N–H and O–H groups in total. The van der Waals surface area contributed by atoms with E-state index in [-0.39, 0.29) is 11.2 Å². The Morgan fingerprint density at radius 3 is 2.29 bits per heavy atom. The highest BCUT2D eigenvalue weighted by Crippen LogP contribution is 2.36. The molecule has 1 fully saturated rings. The molecule has 1 aliphatic rings. The highest BCUT2D eigenvalue weighted by molar-refractivity contribution is 9.10. The topological polar surface area (TPSA) is 43.4 Å². The predicted molar refractivity (Wildman–Crippen MR) is 101 cm³/mol. The van der Waals surface area contributed by atoms with E-state index in [0.717, 1.165) is 15.9 Å². The summed E-state index contributed by atoms with van der Waals surface area (Å²) in [7, 11) is -0.397. The second-order valence-electron chi connectivity index (χ2n) is 7.04. The fourth-order valence-electron chi connectivity index (χ4n) is 2.51. The van der Waals surface area contributed by atoms with Gasteiger partial charge in [-0.2, -0.15) is 0 Å². The van der Waals surface area contributed by atoms with Crippen LogP contribution in [0.2, 0.25) is 0 Å². The first kappa shape index (κ1) is 17.5. The third kappa shape index (κ3) is 3.66. The minimum atomic E-state index is -0.397. The van der Waals surface area contributed by atoms with Gasteiger partial charge < -0.3 is 14.6 Å².